The average Bonchev–Trinajstić information content (AvgIpc) is 3.35. The second-order valence-corrected chi connectivity index (χ2v) is 6.34. The maximum atomic E-state index is 12.8. The second-order valence-electron chi connectivity index (χ2n) is 5.97. The molecule has 120 valence electrons. The molecule has 7 heteroatoms. The van der Waals surface area contributed by atoms with Crippen molar-refractivity contribution in [2.24, 2.45) is 5.92 Å². The van der Waals surface area contributed by atoms with Crippen molar-refractivity contribution in [1.82, 2.24) is 15.1 Å². The van der Waals surface area contributed by atoms with Gasteiger partial charge in [-0.05, 0) is 55.2 Å². The maximum Gasteiger partial charge on any atom is 0.284 e. The molecule has 0 bridgehead atoms. The van der Waals surface area contributed by atoms with E-state index in [1.54, 1.807) is 0 Å². The van der Waals surface area contributed by atoms with Crippen LogP contribution in [0.15, 0.2) is 28.7 Å². The van der Waals surface area contributed by atoms with Gasteiger partial charge >= 0.3 is 0 Å². The number of morpholine rings is 1. The van der Waals surface area contributed by atoms with E-state index in [1.807, 2.05) is 29.2 Å². The van der Waals surface area contributed by atoms with Crippen molar-refractivity contribution in [1.29, 1.82) is 0 Å². The molecule has 1 amide bonds. The zero-order valence-electron chi connectivity index (χ0n) is 12.5. The summed E-state index contributed by atoms with van der Waals surface area (Å²) in [4.78, 5) is 15.0. The molecule has 23 heavy (non-hydrogen) atoms. The van der Waals surface area contributed by atoms with Crippen LogP contribution in [0.4, 0.5) is 0 Å². The number of nitrogens with one attached hydrogen (secondary N) is 1. The molecule has 0 spiro atoms. The van der Waals surface area contributed by atoms with Gasteiger partial charge in [0.25, 0.3) is 10.7 Å². The molecule has 1 aliphatic carbocycles. The van der Waals surface area contributed by atoms with Crippen LogP contribution in [0, 0.1) is 10.8 Å². The number of hydrogen-bond acceptors (Lipinski definition) is 5. The Morgan fingerprint density at radius 3 is 2.74 bits per heavy atom. The highest BCUT2D eigenvalue weighted by Gasteiger charge is 2.39. The van der Waals surface area contributed by atoms with E-state index < -0.39 is 0 Å². The molecule has 1 aliphatic heterocycles. The molecule has 0 unspecified atom stereocenters. The van der Waals surface area contributed by atoms with Gasteiger partial charge in [0, 0.05) is 17.7 Å². The van der Waals surface area contributed by atoms with Gasteiger partial charge in [-0.25, -0.2) is 5.10 Å². The molecule has 4 rings (SSSR count). The Balaban J connectivity index is 1.54. The zero-order valence-corrected chi connectivity index (χ0v) is 13.3. The lowest BCUT2D eigenvalue weighted by Crippen LogP contribution is -2.49. The van der Waals surface area contributed by atoms with E-state index in [0.29, 0.717) is 37.1 Å². The molecule has 2 aromatic rings. The van der Waals surface area contributed by atoms with E-state index in [1.165, 1.54) is 12.8 Å². The van der Waals surface area contributed by atoms with E-state index in [0.717, 1.165) is 5.56 Å². The van der Waals surface area contributed by atoms with Gasteiger partial charge in [-0.15, -0.1) is 5.10 Å². The van der Waals surface area contributed by atoms with E-state index in [4.69, 9.17) is 21.4 Å². The van der Waals surface area contributed by atoms with E-state index in [9.17, 15) is 4.79 Å². The third kappa shape index (κ3) is 2.94. The molecule has 1 aromatic carbocycles. The molecule has 0 radical (unpaired) electrons. The molecule has 6 nitrogen and oxygen atoms in total. The summed E-state index contributed by atoms with van der Waals surface area (Å²) in [6.07, 6.45) is 2.39. The molecule has 1 N–H and O–H groups in total. The number of ether oxygens (including phenoxy) is 1. The summed E-state index contributed by atoms with van der Waals surface area (Å²) < 4.78 is 10.8. The Labute approximate surface area is 138 Å². The summed E-state index contributed by atoms with van der Waals surface area (Å²) in [5.41, 5.74) is 1.46. The van der Waals surface area contributed by atoms with Gasteiger partial charge in [0.2, 0.25) is 5.89 Å². The van der Waals surface area contributed by atoms with Crippen LogP contribution in [-0.2, 0) is 4.74 Å². The number of carbonyl (C=O) groups excluding carboxylic acids is 1. The van der Waals surface area contributed by atoms with Crippen molar-refractivity contribution < 1.29 is 13.9 Å². The molecule has 2 fully saturated rings. The van der Waals surface area contributed by atoms with Gasteiger partial charge in [0.05, 0.1) is 19.3 Å². The lowest BCUT2D eigenvalue weighted by atomic mass is 10.1. The fourth-order valence-corrected chi connectivity index (χ4v) is 3.15. The fraction of sp³-hybridized carbons (Fsp3) is 0.438. The van der Waals surface area contributed by atoms with Crippen LogP contribution in [-0.4, -0.2) is 46.8 Å². The summed E-state index contributed by atoms with van der Waals surface area (Å²) in [7, 11) is 0. The quantitative estimate of drug-likeness (QED) is 0.876. The average molecular weight is 331 g/mol. The number of rotatable bonds is 3. The lowest BCUT2D eigenvalue weighted by molar-refractivity contribution is -0.00834. The predicted octanol–water partition coefficient (Wildman–Crippen LogP) is 2.65. The summed E-state index contributed by atoms with van der Waals surface area (Å²) in [6.45, 7) is 1.93. The maximum absolute atomic E-state index is 12.8. The summed E-state index contributed by atoms with van der Waals surface area (Å²) in [6, 6.07) is 7.50. The van der Waals surface area contributed by atoms with Gasteiger partial charge in [-0.1, -0.05) is 0 Å². The van der Waals surface area contributed by atoms with Crippen LogP contribution in [0.3, 0.4) is 0 Å². The van der Waals surface area contributed by atoms with Crippen LogP contribution in [0.25, 0.3) is 11.5 Å². The first-order valence-electron chi connectivity index (χ1n) is 7.77. The first kappa shape index (κ1) is 14.6. The highest BCUT2D eigenvalue weighted by molar-refractivity contribution is 7.71. The van der Waals surface area contributed by atoms with Crippen molar-refractivity contribution in [3.63, 3.8) is 0 Å². The Kier molecular flexibility index (Phi) is 3.74. The van der Waals surface area contributed by atoms with Crippen LogP contribution < -0.4 is 0 Å². The summed E-state index contributed by atoms with van der Waals surface area (Å²) in [5.74, 6) is 1.10. The minimum absolute atomic E-state index is 0.0691. The van der Waals surface area contributed by atoms with Crippen molar-refractivity contribution in [2.45, 2.75) is 18.9 Å². The fourth-order valence-electron chi connectivity index (χ4n) is 3.02. The van der Waals surface area contributed by atoms with Gasteiger partial charge in [0.15, 0.2) is 0 Å². The van der Waals surface area contributed by atoms with Crippen LogP contribution >= 0.6 is 12.2 Å². The largest absolute Gasteiger partial charge is 0.409 e. The third-order valence-electron chi connectivity index (χ3n) is 4.41. The van der Waals surface area contributed by atoms with Crippen molar-refractivity contribution >= 4 is 18.1 Å². The normalized spacial score (nSPS) is 21.4. The van der Waals surface area contributed by atoms with Gasteiger partial charge in [0.1, 0.15) is 0 Å². The summed E-state index contributed by atoms with van der Waals surface area (Å²) >= 11 is 4.87. The predicted molar refractivity (Wildman–Crippen MR) is 85.5 cm³/mol. The second kappa shape index (κ2) is 5.90. The minimum atomic E-state index is 0.0691. The number of amides is 1. The number of aromatic nitrogens is 2. The molecule has 2 heterocycles. The molecule has 1 atom stereocenters. The molecular weight excluding hydrogens is 314 g/mol. The molecule has 1 aromatic heterocycles. The van der Waals surface area contributed by atoms with Crippen molar-refractivity contribution in [3.8, 4) is 11.5 Å². The standard InChI is InChI=1S/C16H17N3O3S/c20-15(19-7-8-21-9-13(19)10-1-2-10)12-5-3-11(4-6-12)14-17-18-16(23)22-14/h3-6,10,13H,1-2,7-9H2,(H,18,23)/t13-/m1/s1. The molecule has 1 saturated carbocycles. The Morgan fingerprint density at radius 1 is 1.30 bits per heavy atom. The highest BCUT2D eigenvalue weighted by Crippen LogP contribution is 2.37. The number of nitrogens with zero attached hydrogens (tertiary/aromatic N) is 2. The Hall–Kier alpha value is -1.99. The van der Waals surface area contributed by atoms with Crippen molar-refractivity contribution in [3.05, 3.63) is 34.7 Å². The topological polar surface area (TPSA) is 71.4 Å². The van der Waals surface area contributed by atoms with Crippen molar-refractivity contribution in [2.75, 3.05) is 19.8 Å². The first-order valence-corrected chi connectivity index (χ1v) is 8.18. The van der Waals surface area contributed by atoms with E-state index in [2.05, 4.69) is 10.2 Å². The number of hydrogen-bond donors (Lipinski definition) is 1. The third-order valence-corrected chi connectivity index (χ3v) is 4.58. The van der Waals surface area contributed by atoms with E-state index >= 15 is 0 Å². The van der Waals surface area contributed by atoms with Crippen LogP contribution in [0.1, 0.15) is 23.2 Å². The van der Waals surface area contributed by atoms with Gasteiger partial charge in [-0.3, -0.25) is 4.79 Å². The van der Waals surface area contributed by atoms with Gasteiger partial charge < -0.3 is 14.1 Å². The lowest BCUT2D eigenvalue weighted by Gasteiger charge is -2.36. The number of benzene rings is 1. The van der Waals surface area contributed by atoms with Crippen LogP contribution in [0.2, 0.25) is 0 Å². The Bertz CT molecular complexity index is 763. The number of carbonyl (C=O) groups is 1. The number of H-pyrrole nitrogens is 1. The van der Waals surface area contributed by atoms with E-state index in [-0.39, 0.29) is 16.8 Å². The number of aromatic amines is 1. The monoisotopic (exact) mass is 331 g/mol. The highest BCUT2D eigenvalue weighted by atomic mass is 32.1. The zero-order chi connectivity index (χ0) is 15.8. The Morgan fingerprint density at radius 2 is 2.09 bits per heavy atom. The SMILES string of the molecule is O=C(c1ccc(-c2n[nH]c(=S)o2)cc1)N1CCOC[C@@H]1C1CC1. The first-order chi connectivity index (χ1) is 11.2. The summed E-state index contributed by atoms with van der Waals surface area (Å²) in [5, 5.41) is 6.58. The van der Waals surface area contributed by atoms with Gasteiger partial charge in [-0.2, -0.15) is 0 Å². The smallest absolute Gasteiger partial charge is 0.284 e. The van der Waals surface area contributed by atoms with Crippen LogP contribution in [0.5, 0.6) is 0 Å². The molecule has 2 aliphatic rings. The minimum Gasteiger partial charge on any atom is -0.409 e. The molecular formula is C16H17N3O3S. The molecule has 1 saturated heterocycles.